The lowest BCUT2D eigenvalue weighted by Crippen LogP contribution is -2.13. The summed E-state index contributed by atoms with van der Waals surface area (Å²) in [6.07, 6.45) is 2.39. The number of aromatic nitrogens is 1. The van der Waals surface area contributed by atoms with Gasteiger partial charge in [-0.15, -0.1) is 0 Å². The van der Waals surface area contributed by atoms with E-state index in [-0.39, 0.29) is 0 Å². The Morgan fingerprint density at radius 3 is 2.48 bits per heavy atom. The van der Waals surface area contributed by atoms with Crippen LogP contribution in [0.4, 0.5) is 5.69 Å². The molecule has 1 heterocycles. The Morgan fingerprint density at radius 2 is 1.83 bits per heavy atom. The number of nitrogens with zero attached hydrogens (tertiary/aromatic N) is 1. The van der Waals surface area contributed by atoms with E-state index in [1.807, 2.05) is 50.4 Å². The van der Waals surface area contributed by atoms with Crippen molar-refractivity contribution < 1.29 is 9.53 Å². The maximum atomic E-state index is 11.6. The molecule has 0 aliphatic rings. The number of rotatable bonds is 7. The lowest BCUT2D eigenvalue weighted by Gasteiger charge is -2.12. The second kappa shape index (κ2) is 8.56. The number of carbonyl (C=O) groups is 1. The van der Waals surface area contributed by atoms with Crippen LogP contribution in [-0.2, 0) is 6.42 Å². The zero-order valence-electron chi connectivity index (χ0n) is 16.7. The number of primary amides is 1. The number of pyridine rings is 1. The third-order valence-corrected chi connectivity index (χ3v) is 4.68. The van der Waals surface area contributed by atoms with E-state index < -0.39 is 5.91 Å². The second-order valence-corrected chi connectivity index (χ2v) is 6.65. The Bertz CT molecular complexity index is 1080. The molecule has 2 aromatic carbocycles. The summed E-state index contributed by atoms with van der Waals surface area (Å²) in [6.45, 7) is 3.73. The lowest BCUT2D eigenvalue weighted by molar-refractivity contribution is 0.0999. The lowest BCUT2D eigenvalue weighted by atomic mass is 9.99. The van der Waals surface area contributed by atoms with Crippen LogP contribution in [0.15, 0.2) is 54.7 Å². The number of hydrogen-bond donors (Lipinski definition) is 3. The number of nitrogens with one attached hydrogen (secondary N) is 2. The molecular weight excluding hydrogens is 364 g/mol. The molecule has 1 aromatic heterocycles. The topological polar surface area (TPSA) is 101 Å². The molecule has 29 heavy (non-hydrogen) atoms. The number of hydrogen-bond acceptors (Lipinski definition) is 5. The third kappa shape index (κ3) is 4.43. The molecule has 3 rings (SSSR count). The maximum absolute atomic E-state index is 11.6. The van der Waals surface area contributed by atoms with Crippen LogP contribution < -0.4 is 15.8 Å². The van der Waals surface area contributed by atoms with Gasteiger partial charge in [-0.3, -0.25) is 9.78 Å². The van der Waals surface area contributed by atoms with Crippen LogP contribution >= 0.6 is 0 Å². The largest absolute Gasteiger partial charge is 0.457 e. The molecule has 0 aliphatic carbocycles. The molecule has 3 aromatic rings. The molecule has 0 atom stereocenters. The smallest absolute Gasteiger partial charge is 0.248 e. The van der Waals surface area contributed by atoms with Gasteiger partial charge in [0.2, 0.25) is 5.91 Å². The van der Waals surface area contributed by atoms with Gasteiger partial charge in [-0.1, -0.05) is 13.0 Å². The molecule has 148 valence electrons. The van der Waals surface area contributed by atoms with E-state index in [0.29, 0.717) is 29.2 Å². The number of aryl methyl sites for hydroxylation is 1. The number of nitrogens with two attached hydrogens (primary N) is 1. The molecule has 4 N–H and O–H groups in total. The van der Waals surface area contributed by atoms with E-state index in [9.17, 15) is 4.79 Å². The molecule has 0 bridgehead atoms. The molecule has 0 aliphatic heterocycles. The molecule has 0 spiro atoms. The van der Waals surface area contributed by atoms with E-state index in [1.165, 1.54) is 0 Å². The summed E-state index contributed by atoms with van der Waals surface area (Å²) in [4.78, 5) is 16.0. The van der Waals surface area contributed by atoms with Crippen molar-refractivity contribution in [1.29, 1.82) is 5.41 Å². The highest BCUT2D eigenvalue weighted by Gasteiger charge is 2.11. The van der Waals surface area contributed by atoms with Crippen LogP contribution in [0, 0.1) is 5.41 Å². The molecule has 0 unspecified atom stereocenters. The van der Waals surface area contributed by atoms with Crippen LogP contribution in [0.1, 0.15) is 35.3 Å². The summed E-state index contributed by atoms with van der Waals surface area (Å²) in [7, 11) is 1.82. The number of benzene rings is 2. The summed E-state index contributed by atoms with van der Waals surface area (Å²) in [5.74, 6) is 0.880. The Kier molecular flexibility index (Phi) is 5.93. The minimum absolute atomic E-state index is 0.428. The first-order valence-corrected chi connectivity index (χ1v) is 9.37. The first-order chi connectivity index (χ1) is 13.9. The first kappa shape index (κ1) is 20.1. The van der Waals surface area contributed by atoms with Crippen LogP contribution in [0.5, 0.6) is 11.5 Å². The fourth-order valence-electron chi connectivity index (χ4n) is 3.18. The average molecular weight is 388 g/mol. The second-order valence-electron chi connectivity index (χ2n) is 6.65. The number of amides is 1. The van der Waals surface area contributed by atoms with Crippen molar-refractivity contribution in [3.8, 4) is 22.8 Å². The highest BCUT2D eigenvalue weighted by Crippen LogP contribution is 2.30. The van der Waals surface area contributed by atoms with Crippen molar-refractivity contribution >= 4 is 17.3 Å². The normalized spacial score (nSPS) is 10.4. The van der Waals surface area contributed by atoms with E-state index in [2.05, 4.69) is 10.3 Å². The van der Waals surface area contributed by atoms with E-state index in [0.717, 1.165) is 28.1 Å². The fourth-order valence-corrected chi connectivity index (χ4v) is 3.18. The Balaban J connectivity index is 1.91. The highest BCUT2D eigenvalue weighted by atomic mass is 16.5. The fraction of sp³-hybridized carbons (Fsp3) is 0.174. The van der Waals surface area contributed by atoms with Gasteiger partial charge in [-0.25, -0.2) is 0 Å². The van der Waals surface area contributed by atoms with Gasteiger partial charge in [-0.05, 0) is 49.2 Å². The molecule has 0 radical (unpaired) electrons. The van der Waals surface area contributed by atoms with Gasteiger partial charge in [0, 0.05) is 53.5 Å². The summed E-state index contributed by atoms with van der Waals surface area (Å²) in [5.41, 5.74) is 10.7. The van der Waals surface area contributed by atoms with Crippen LogP contribution in [0.25, 0.3) is 11.3 Å². The quantitative estimate of drug-likeness (QED) is 0.514. The predicted molar refractivity (Wildman–Crippen MR) is 116 cm³/mol. The van der Waals surface area contributed by atoms with E-state index in [4.69, 9.17) is 15.9 Å². The van der Waals surface area contributed by atoms with Gasteiger partial charge in [0.05, 0.1) is 5.69 Å². The van der Waals surface area contributed by atoms with Crippen LogP contribution in [0.3, 0.4) is 0 Å². The zero-order chi connectivity index (χ0) is 21.0. The molecular formula is C23H24N4O2. The van der Waals surface area contributed by atoms with Crippen molar-refractivity contribution in [3.63, 3.8) is 0 Å². The van der Waals surface area contributed by atoms with E-state index in [1.54, 1.807) is 25.3 Å². The Labute approximate surface area is 170 Å². The minimum Gasteiger partial charge on any atom is -0.457 e. The Hall–Kier alpha value is -3.67. The SMILES string of the molecule is CCc1cc(-c2cc(Oc3ccc(C(C)=N)c(NC)c3)ccn2)ccc1C(N)=O. The Morgan fingerprint density at radius 1 is 1.10 bits per heavy atom. The number of ether oxygens (including phenoxy) is 1. The summed E-state index contributed by atoms with van der Waals surface area (Å²) < 4.78 is 6.01. The number of anilines is 1. The first-order valence-electron chi connectivity index (χ1n) is 9.37. The molecule has 6 heteroatoms. The van der Waals surface area contributed by atoms with Gasteiger partial charge >= 0.3 is 0 Å². The van der Waals surface area contributed by atoms with Crippen molar-refractivity contribution in [3.05, 3.63) is 71.4 Å². The van der Waals surface area contributed by atoms with Gasteiger partial charge < -0.3 is 21.2 Å². The van der Waals surface area contributed by atoms with Gasteiger partial charge in [-0.2, -0.15) is 0 Å². The zero-order valence-corrected chi connectivity index (χ0v) is 16.7. The standard InChI is InChI=1S/C23H24N4O2/c1-4-15-11-16(5-7-20(15)23(25)28)21-12-18(9-10-27-21)29-17-6-8-19(14(2)24)22(13-17)26-3/h5-13,24,26H,4H2,1-3H3,(H2,25,28). The van der Waals surface area contributed by atoms with Crippen molar-refractivity contribution in [1.82, 2.24) is 4.98 Å². The molecule has 0 saturated heterocycles. The van der Waals surface area contributed by atoms with Gasteiger partial charge in [0.25, 0.3) is 0 Å². The van der Waals surface area contributed by atoms with Crippen LogP contribution in [-0.4, -0.2) is 23.7 Å². The molecule has 0 fully saturated rings. The van der Waals surface area contributed by atoms with Crippen molar-refractivity contribution in [2.45, 2.75) is 20.3 Å². The summed E-state index contributed by atoms with van der Waals surface area (Å²) >= 11 is 0. The molecule has 1 amide bonds. The maximum Gasteiger partial charge on any atom is 0.248 e. The molecule has 0 saturated carbocycles. The van der Waals surface area contributed by atoms with Gasteiger partial charge in [0.1, 0.15) is 11.5 Å². The minimum atomic E-state index is -0.428. The average Bonchev–Trinajstić information content (AvgIpc) is 2.73. The van der Waals surface area contributed by atoms with Crippen LogP contribution in [0.2, 0.25) is 0 Å². The monoisotopic (exact) mass is 388 g/mol. The highest BCUT2D eigenvalue weighted by molar-refractivity contribution is 6.01. The predicted octanol–water partition coefficient (Wildman–Crippen LogP) is 4.63. The summed E-state index contributed by atoms with van der Waals surface area (Å²) in [6, 6.07) is 14.7. The van der Waals surface area contributed by atoms with E-state index >= 15 is 0 Å². The molecule has 6 nitrogen and oxygen atoms in total. The third-order valence-electron chi connectivity index (χ3n) is 4.68. The van der Waals surface area contributed by atoms with Crippen molar-refractivity contribution in [2.24, 2.45) is 5.73 Å². The van der Waals surface area contributed by atoms with Gasteiger partial charge in [0.15, 0.2) is 0 Å². The summed E-state index contributed by atoms with van der Waals surface area (Å²) in [5, 5.41) is 10.9. The number of carbonyl (C=O) groups excluding carboxylic acids is 1. The van der Waals surface area contributed by atoms with Crippen molar-refractivity contribution in [2.75, 3.05) is 12.4 Å².